The van der Waals surface area contributed by atoms with Crippen molar-refractivity contribution < 1.29 is 17.6 Å². The number of carbonyl (C=O) groups excluding carboxylic acids is 1. The number of pyridine rings is 1. The first-order valence-corrected chi connectivity index (χ1v) is 12.5. The number of aromatic amines is 1. The number of nitrogens with zero attached hydrogens (tertiary/aromatic N) is 1. The van der Waals surface area contributed by atoms with E-state index in [-0.39, 0.29) is 29.6 Å². The molecule has 0 saturated carbocycles. The zero-order valence-corrected chi connectivity index (χ0v) is 20.2. The molecule has 2 N–H and O–H groups in total. The highest BCUT2D eigenvalue weighted by molar-refractivity contribution is 7.92. The number of hydrogen-bond donors (Lipinski definition) is 2. The topological polar surface area (TPSA) is 99.3 Å². The van der Waals surface area contributed by atoms with Crippen molar-refractivity contribution in [3.05, 3.63) is 105 Å². The number of anilines is 1. The van der Waals surface area contributed by atoms with Gasteiger partial charge in [-0.1, -0.05) is 41.9 Å². The molecule has 0 saturated heterocycles. The number of amides is 1. The Morgan fingerprint density at radius 2 is 1.77 bits per heavy atom. The summed E-state index contributed by atoms with van der Waals surface area (Å²) in [4.78, 5) is 28.0. The number of sulfonamides is 1. The Kier molecular flexibility index (Phi) is 6.90. The summed E-state index contributed by atoms with van der Waals surface area (Å²) in [6, 6.07) is 17.1. The van der Waals surface area contributed by atoms with Gasteiger partial charge in [-0.3, -0.25) is 13.9 Å². The standard InChI is InChI=1S/C25H21ClFN3O4S/c1-2-30(18-6-4-3-5-7-18)35(33,34)19-12-20-23(22(27)13-19)28-15-21(24(20)31)25(32)29-14-16-8-10-17(26)11-9-16/h3-13,15H,2,14H2,1H3,(H,28,31)(H,29,32). The van der Waals surface area contributed by atoms with E-state index in [9.17, 15) is 22.4 Å². The van der Waals surface area contributed by atoms with Crippen LogP contribution < -0.4 is 15.1 Å². The summed E-state index contributed by atoms with van der Waals surface area (Å²) >= 11 is 5.86. The van der Waals surface area contributed by atoms with Gasteiger partial charge >= 0.3 is 0 Å². The molecule has 35 heavy (non-hydrogen) atoms. The van der Waals surface area contributed by atoms with Crippen molar-refractivity contribution in [1.82, 2.24) is 10.3 Å². The summed E-state index contributed by atoms with van der Waals surface area (Å²) < 4.78 is 42.7. The van der Waals surface area contributed by atoms with Gasteiger partial charge in [0.05, 0.1) is 21.5 Å². The van der Waals surface area contributed by atoms with Crippen LogP contribution in [0.3, 0.4) is 0 Å². The molecule has 0 aliphatic heterocycles. The fourth-order valence-electron chi connectivity index (χ4n) is 3.67. The summed E-state index contributed by atoms with van der Waals surface area (Å²) in [6.45, 7) is 1.88. The minimum Gasteiger partial charge on any atom is -0.358 e. The molecule has 0 spiro atoms. The average molecular weight is 514 g/mol. The normalized spacial score (nSPS) is 11.4. The lowest BCUT2D eigenvalue weighted by atomic mass is 10.1. The molecule has 0 aliphatic carbocycles. The molecule has 1 aromatic heterocycles. The number of H-pyrrole nitrogens is 1. The van der Waals surface area contributed by atoms with Crippen molar-refractivity contribution in [2.24, 2.45) is 0 Å². The van der Waals surface area contributed by atoms with E-state index >= 15 is 0 Å². The van der Waals surface area contributed by atoms with Gasteiger partial charge in [0, 0.05) is 24.3 Å². The van der Waals surface area contributed by atoms with Crippen LogP contribution in [0.4, 0.5) is 10.1 Å². The predicted molar refractivity (Wildman–Crippen MR) is 134 cm³/mol. The number of hydrogen-bond acceptors (Lipinski definition) is 4. The highest BCUT2D eigenvalue weighted by Gasteiger charge is 2.26. The number of rotatable bonds is 7. The van der Waals surface area contributed by atoms with E-state index in [1.165, 1.54) is 0 Å². The van der Waals surface area contributed by atoms with Crippen LogP contribution in [0.25, 0.3) is 10.9 Å². The van der Waals surface area contributed by atoms with Crippen molar-refractivity contribution in [3.63, 3.8) is 0 Å². The molecule has 7 nitrogen and oxygen atoms in total. The number of aromatic nitrogens is 1. The van der Waals surface area contributed by atoms with Gasteiger partial charge < -0.3 is 10.3 Å². The highest BCUT2D eigenvalue weighted by Crippen LogP contribution is 2.26. The summed E-state index contributed by atoms with van der Waals surface area (Å²) in [5.41, 5.74) is -0.0763. The number of fused-ring (bicyclic) bond motifs is 1. The molecule has 0 aliphatic rings. The second kappa shape index (κ2) is 9.89. The van der Waals surface area contributed by atoms with Crippen molar-refractivity contribution in [2.75, 3.05) is 10.8 Å². The van der Waals surface area contributed by atoms with E-state index in [1.807, 2.05) is 0 Å². The summed E-state index contributed by atoms with van der Waals surface area (Å²) in [7, 11) is -4.19. The Balaban J connectivity index is 1.71. The summed E-state index contributed by atoms with van der Waals surface area (Å²) in [6.07, 6.45) is 1.11. The maximum Gasteiger partial charge on any atom is 0.264 e. The molecule has 3 aromatic carbocycles. The summed E-state index contributed by atoms with van der Waals surface area (Å²) in [5, 5.41) is 2.93. The molecule has 1 heterocycles. The van der Waals surface area contributed by atoms with Crippen LogP contribution in [0.15, 0.2) is 82.6 Å². The lowest BCUT2D eigenvalue weighted by molar-refractivity contribution is 0.0949. The van der Waals surface area contributed by atoms with Gasteiger partial charge in [0.25, 0.3) is 15.9 Å². The molecule has 1 amide bonds. The van der Waals surface area contributed by atoms with Crippen molar-refractivity contribution in [2.45, 2.75) is 18.4 Å². The van der Waals surface area contributed by atoms with Gasteiger partial charge in [0.1, 0.15) is 11.4 Å². The minimum atomic E-state index is -4.19. The van der Waals surface area contributed by atoms with Crippen LogP contribution in [0.2, 0.25) is 5.02 Å². The monoisotopic (exact) mass is 513 g/mol. The highest BCUT2D eigenvalue weighted by atomic mass is 35.5. The molecule has 180 valence electrons. The zero-order valence-electron chi connectivity index (χ0n) is 18.6. The van der Waals surface area contributed by atoms with Crippen LogP contribution in [-0.4, -0.2) is 25.9 Å². The average Bonchev–Trinajstić information content (AvgIpc) is 2.85. The van der Waals surface area contributed by atoms with Gasteiger partial charge in [0.2, 0.25) is 5.43 Å². The zero-order chi connectivity index (χ0) is 25.2. The lowest BCUT2D eigenvalue weighted by Gasteiger charge is -2.23. The van der Waals surface area contributed by atoms with Gasteiger partial charge in [-0.2, -0.15) is 0 Å². The maximum absolute atomic E-state index is 14.9. The first-order chi connectivity index (χ1) is 16.7. The number of nitrogens with one attached hydrogen (secondary N) is 2. The summed E-state index contributed by atoms with van der Waals surface area (Å²) in [5.74, 6) is -1.60. The molecule has 0 unspecified atom stereocenters. The third kappa shape index (κ3) is 4.91. The van der Waals surface area contributed by atoms with Crippen molar-refractivity contribution in [1.29, 1.82) is 0 Å². The largest absolute Gasteiger partial charge is 0.358 e. The smallest absolute Gasteiger partial charge is 0.264 e. The van der Waals surface area contributed by atoms with E-state index in [4.69, 9.17) is 11.6 Å². The molecule has 0 bridgehead atoms. The van der Waals surface area contributed by atoms with E-state index in [0.29, 0.717) is 10.7 Å². The van der Waals surface area contributed by atoms with Gasteiger partial charge in [-0.15, -0.1) is 0 Å². The molecule has 4 rings (SSSR count). The molecule has 4 aromatic rings. The lowest BCUT2D eigenvalue weighted by Crippen LogP contribution is -2.31. The number of halogens is 2. The van der Waals surface area contributed by atoms with Crippen molar-refractivity contribution >= 4 is 44.1 Å². The molecule has 0 atom stereocenters. The van der Waals surface area contributed by atoms with E-state index in [0.717, 1.165) is 28.2 Å². The van der Waals surface area contributed by atoms with E-state index in [1.54, 1.807) is 61.5 Å². The molecule has 0 radical (unpaired) electrons. The molecular formula is C25H21ClFN3O4S. The predicted octanol–water partition coefficient (Wildman–Crippen LogP) is 4.47. The first-order valence-electron chi connectivity index (χ1n) is 10.7. The van der Waals surface area contributed by atoms with Crippen LogP contribution in [-0.2, 0) is 16.6 Å². The minimum absolute atomic E-state index is 0.0928. The van der Waals surface area contributed by atoms with Gasteiger partial charge in [-0.05, 0) is 48.9 Å². The maximum atomic E-state index is 14.9. The Morgan fingerprint density at radius 1 is 1.09 bits per heavy atom. The van der Waals surface area contributed by atoms with Gasteiger partial charge in [0.15, 0.2) is 0 Å². The Hall–Kier alpha value is -3.69. The molecule has 10 heteroatoms. The van der Waals surface area contributed by atoms with Gasteiger partial charge in [-0.25, -0.2) is 12.8 Å². The fraction of sp³-hybridized carbons (Fsp3) is 0.120. The third-order valence-corrected chi connectivity index (χ3v) is 7.58. The Labute approximate surface area is 206 Å². The Morgan fingerprint density at radius 3 is 2.43 bits per heavy atom. The quantitative estimate of drug-likeness (QED) is 0.381. The second-order valence-corrected chi connectivity index (χ2v) is 9.97. The fourth-order valence-corrected chi connectivity index (χ4v) is 5.31. The van der Waals surface area contributed by atoms with Crippen LogP contribution in [0.1, 0.15) is 22.8 Å². The first kappa shape index (κ1) is 24.4. The SMILES string of the molecule is CCN(c1ccccc1)S(=O)(=O)c1cc(F)c2[nH]cc(C(=O)NCc3ccc(Cl)cc3)c(=O)c2c1. The Bertz CT molecular complexity index is 1560. The molecular weight excluding hydrogens is 493 g/mol. The van der Waals surface area contributed by atoms with Crippen LogP contribution in [0, 0.1) is 5.82 Å². The van der Waals surface area contributed by atoms with E-state index in [2.05, 4.69) is 10.3 Å². The number of benzene rings is 3. The number of carbonyl (C=O) groups is 1. The third-order valence-electron chi connectivity index (χ3n) is 5.44. The number of para-hydroxylation sites is 1. The van der Waals surface area contributed by atoms with Crippen LogP contribution in [0.5, 0.6) is 0 Å². The second-order valence-electron chi connectivity index (χ2n) is 7.67. The van der Waals surface area contributed by atoms with Crippen LogP contribution >= 0.6 is 11.6 Å². The molecule has 0 fully saturated rings. The van der Waals surface area contributed by atoms with Crippen molar-refractivity contribution in [3.8, 4) is 0 Å². The van der Waals surface area contributed by atoms with E-state index < -0.39 is 32.1 Å².